The molecule has 1 aliphatic heterocycles. The predicted octanol–water partition coefficient (Wildman–Crippen LogP) is 0.461. The molecule has 7 nitrogen and oxygen atoms in total. The Morgan fingerprint density at radius 2 is 2.38 bits per heavy atom. The van der Waals surface area contributed by atoms with Crippen molar-refractivity contribution in [1.29, 1.82) is 5.26 Å². The Labute approximate surface area is 121 Å². The molecule has 7 heteroatoms. The molecule has 0 unspecified atom stereocenters. The molecule has 1 atom stereocenters. The number of nitriles is 1. The largest absolute Gasteiger partial charge is 0.368 e. The number of hydrogen-bond acceptors (Lipinski definition) is 5. The van der Waals surface area contributed by atoms with E-state index in [0.717, 1.165) is 24.8 Å². The van der Waals surface area contributed by atoms with Crippen molar-refractivity contribution in [3.8, 4) is 6.07 Å². The lowest BCUT2D eigenvalue weighted by molar-refractivity contribution is 0.0995. The summed E-state index contributed by atoms with van der Waals surface area (Å²) < 4.78 is 0. The fraction of sp³-hybridized carbons (Fsp3) is 0.357. The van der Waals surface area contributed by atoms with E-state index < -0.39 is 5.91 Å². The van der Waals surface area contributed by atoms with Crippen molar-refractivity contribution in [3.63, 3.8) is 0 Å². The Hall–Kier alpha value is -2.59. The molecule has 0 radical (unpaired) electrons. The van der Waals surface area contributed by atoms with Crippen molar-refractivity contribution in [2.75, 3.05) is 18.0 Å². The molecule has 0 spiro atoms. The summed E-state index contributed by atoms with van der Waals surface area (Å²) in [4.78, 5) is 20.8. The van der Waals surface area contributed by atoms with Gasteiger partial charge in [-0.05, 0) is 18.9 Å². The molecule has 2 aromatic heterocycles. The summed E-state index contributed by atoms with van der Waals surface area (Å²) in [6.45, 7) is 1.45. The van der Waals surface area contributed by atoms with Crippen LogP contribution in [-0.4, -0.2) is 35.0 Å². The van der Waals surface area contributed by atoms with E-state index in [4.69, 9.17) is 11.5 Å². The summed E-state index contributed by atoms with van der Waals surface area (Å²) in [6.07, 6.45) is 3.64. The Kier molecular flexibility index (Phi) is 3.23. The number of anilines is 1. The van der Waals surface area contributed by atoms with E-state index in [0.29, 0.717) is 17.9 Å². The lowest BCUT2D eigenvalue weighted by atomic mass is 10.0. The number of primary amides is 1. The molecule has 1 saturated heterocycles. The molecule has 1 fully saturated rings. The van der Waals surface area contributed by atoms with Crippen LogP contribution in [-0.2, 0) is 0 Å². The zero-order chi connectivity index (χ0) is 15.0. The number of nitrogens with one attached hydrogen (secondary N) is 1. The third kappa shape index (κ3) is 2.19. The van der Waals surface area contributed by atoms with Crippen molar-refractivity contribution in [3.05, 3.63) is 23.5 Å². The maximum Gasteiger partial charge on any atom is 0.268 e. The molecule has 3 heterocycles. The van der Waals surface area contributed by atoms with Gasteiger partial charge >= 0.3 is 0 Å². The highest BCUT2D eigenvalue weighted by Gasteiger charge is 2.26. The third-order valence-corrected chi connectivity index (χ3v) is 3.80. The fourth-order valence-electron chi connectivity index (χ4n) is 2.88. The molecule has 0 aromatic carbocycles. The lowest BCUT2D eigenvalue weighted by Crippen LogP contribution is -2.43. The Morgan fingerprint density at radius 3 is 3.05 bits per heavy atom. The van der Waals surface area contributed by atoms with E-state index in [1.54, 1.807) is 6.20 Å². The van der Waals surface area contributed by atoms with Gasteiger partial charge in [0, 0.05) is 30.7 Å². The number of nitrogens with zero attached hydrogens (tertiary/aromatic N) is 3. The van der Waals surface area contributed by atoms with Crippen LogP contribution in [0.25, 0.3) is 11.0 Å². The maximum atomic E-state index is 11.6. The first kappa shape index (κ1) is 13.4. The summed E-state index contributed by atoms with van der Waals surface area (Å²) in [6, 6.07) is 3.99. The molecule has 3 rings (SSSR count). The first-order chi connectivity index (χ1) is 10.1. The van der Waals surface area contributed by atoms with Crippen molar-refractivity contribution >= 4 is 22.6 Å². The average molecular weight is 284 g/mol. The molecular formula is C14H16N6O. The normalized spacial score (nSPS) is 18.7. The molecule has 0 aliphatic carbocycles. The highest BCUT2D eigenvalue weighted by Crippen LogP contribution is 2.32. The zero-order valence-corrected chi connectivity index (χ0v) is 11.5. The van der Waals surface area contributed by atoms with Crippen LogP contribution in [0.5, 0.6) is 0 Å². The van der Waals surface area contributed by atoms with Gasteiger partial charge in [0.25, 0.3) is 5.91 Å². The Morgan fingerprint density at radius 1 is 1.57 bits per heavy atom. The SMILES string of the molecule is N#Cc1c(C(N)=O)nc2[nH]ccc2c1N1CCC[C@@H](N)C1. The molecule has 21 heavy (non-hydrogen) atoms. The summed E-state index contributed by atoms with van der Waals surface area (Å²) in [5, 5.41) is 10.3. The molecule has 0 bridgehead atoms. The second kappa shape index (κ2) is 5.07. The summed E-state index contributed by atoms with van der Waals surface area (Å²) in [5.41, 5.74) is 12.9. The van der Waals surface area contributed by atoms with Crippen LogP contribution in [0, 0.1) is 11.3 Å². The minimum atomic E-state index is -0.703. The second-order valence-corrected chi connectivity index (χ2v) is 5.25. The first-order valence-corrected chi connectivity index (χ1v) is 6.83. The molecule has 2 aromatic rings. The van der Waals surface area contributed by atoms with Gasteiger partial charge < -0.3 is 21.4 Å². The topological polar surface area (TPSA) is 125 Å². The number of piperidine rings is 1. The number of pyridine rings is 1. The first-order valence-electron chi connectivity index (χ1n) is 6.83. The van der Waals surface area contributed by atoms with Crippen molar-refractivity contribution in [2.24, 2.45) is 11.5 Å². The molecule has 5 N–H and O–H groups in total. The van der Waals surface area contributed by atoms with Crippen LogP contribution in [0.2, 0.25) is 0 Å². The van der Waals surface area contributed by atoms with Gasteiger partial charge in [-0.2, -0.15) is 5.26 Å². The van der Waals surface area contributed by atoms with Gasteiger partial charge in [0.2, 0.25) is 0 Å². The summed E-state index contributed by atoms with van der Waals surface area (Å²) >= 11 is 0. The number of H-pyrrole nitrogens is 1. The predicted molar refractivity (Wildman–Crippen MR) is 78.7 cm³/mol. The van der Waals surface area contributed by atoms with E-state index in [-0.39, 0.29) is 17.3 Å². The van der Waals surface area contributed by atoms with E-state index in [9.17, 15) is 10.1 Å². The van der Waals surface area contributed by atoms with Crippen LogP contribution >= 0.6 is 0 Å². The number of carbonyl (C=O) groups excluding carboxylic acids is 1. The van der Waals surface area contributed by atoms with Crippen LogP contribution in [0.4, 0.5) is 5.69 Å². The van der Waals surface area contributed by atoms with E-state index in [2.05, 4.69) is 20.9 Å². The number of hydrogen-bond donors (Lipinski definition) is 3. The van der Waals surface area contributed by atoms with Gasteiger partial charge in [-0.15, -0.1) is 0 Å². The summed E-state index contributed by atoms with van der Waals surface area (Å²) in [5.74, 6) is -0.703. The van der Waals surface area contributed by atoms with Gasteiger partial charge in [0.15, 0.2) is 0 Å². The standard InChI is InChI=1S/C14H16N6O/c15-6-10-11(13(17)21)19-14-9(3-4-18-14)12(10)20-5-1-2-8(16)7-20/h3-4,8H,1-2,5,7,16H2,(H2,17,21)(H,18,19)/t8-/m1/s1. The highest BCUT2D eigenvalue weighted by atomic mass is 16.1. The minimum absolute atomic E-state index is 0.00148. The molecule has 0 saturated carbocycles. The average Bonchev–Trinajstić information content (AvgIpc) is 2.92. The van der Waals surface area contributed by atoms with E-state index in [1.165, 1.54) is 0 Å². The van der Waals surface area contributed by atoms with Crippen molar-refractivity contribution < 1.29 is 4.79 Å². The van der Waals surface area contributed by atoms with Crippen molar-refractivity contribution in [2.45, 2.75) is 18.9 Å². The monoisotopic (exact) mass is 284 g/mol. The van der Waals surface area contributed by atoms with Gasteiger partial charge in [-0.1, -0.05) is 0 Å². The number of carbonyl (C=O) groups is 1. The number of aromatic nitrogens is 2. The highest BCUT2D eigenvalue weighted by molar-refractivity contribution is 6.02. The van der Waals surface area contributed by atoms with Crippen LogP contribution in [0.15, 0.2) is 12.3 Å². The van der Waals surface area contributed by atoms with Crippen LogP contribution in [0.1, 0.15) is 28.9 Å². The smallest absolute Gasteiger partial charge is 0.268 e. The van der Waals surface area contributed by atoms with Crippen LogP contribution < -0.4 is 16.4 Å². The molecular weight excluding hydrogens is 268 g/mol. The third-order valence-electron chi connectivity index (χ3n) is 3.80. The number of rotatable bonds is 2. The fourth-order valence-corrected chi connectivity index (χ4v) is 2.88. The molecule has 108 valence electrons. The maximum absolute atomic E-state index is 11.6. The Balaban J connectivity index is 2.25. The van der Waals surface area contributed by atoms with Gasteiger partial charge in [0.05, 0.1) is 5.69 Å². The second-order valence-electron chi connectivity index (χ2n) is 5.25. The van der Waals surface area contributed by atoms with Gasteiger partial charge in [-0.3, -0.25) is 4.79 Å². The van der Waals surface area contributed by atoms with E-state index >= 15 is 0 Å². The summed E-state index contributed by atoms with van der Waals surface area (Å²) in [7, 11) is 0. The minimum Gasteiger partial charge on any atom is -0.368 e. The van der Waals surface area contributed by atoms with Gasteiger partial charge in [0.1, 0.15) is 23.0 Å². The van der Waals surface area contributed by atoms with Gasteiger partial charge in [-0.25, -0.2) is 4.98 Å². The quantitative estimate of drug-likeness (QED) is 0.738. The lowest BCUT2D eigenvalue weighted by Gasteiger charge is -2.33. The Bertz CT molecular complexity index is 744. The zero-order valence-electron chi connectivity index (χ0n) is 11.5. The number of nitrogens with two attached hydrogens (primary N) is 2. The van der Waals surface area contributed by atoms with Crippen molar-refractivity contribution in [1.82, 2.24) is 9.97 Å². The number of aromatic amines is 1. The number of fused-ring (bicyclic) bond motifs is 1. The van der Waals surface area contributed by atoms with E-state index in [1.807, 2.05) is 6.07 Å². The van der Waals surface area contributed by atoms with Crippen LogP contribution in [0.3, 0.4) is 0 Å². The number of amides is 1. The molecule has 1 aliphatic rings. The molecule has 1 amide bonds.